The van der Waals surface area contributed by atoms with Crippen LogP contribution in [0.5, 0.6) is 0 Å². The van der Waals surface area contributed by atoms with Crippen molar-refractivity contribution >= 4 is 17.8 Å². The van der Waals surface area contributed by atoms with Gasteiger partial charge in [-0.25, -0.2) is 0 Å². The smallest absolute Gasteiger partial charge is 0.307 e. The lowest BCUT2D eigenvalue weighted by molar-refractivity contribution is -0.140. The highest BCUT2D eigenvalue weighted by Crippen LogP contribution is 2.58. The quantitative estimate of drug-likeness (QED) is 0.593. The van der Waals surface area contributed by atoms with E-state index in [1.165, 1.54) is 6.92 Å². The van der Waals surface area contributed by atoms with Gasteiger partial charge in [-0.3, -0.25) is 14.4 Å². The number of aliphatic carboxylic acids is 1. The monoisotopic (exact) mass is 228 g/mol. The van der Waals surface area contributed by atoms with Gasteiger partial charge < -0.3 is 16.2 Å². The third-order valence-electron chi connectivity index (χ3n) is 3.16. The average molecular weight is 228 g/mol. The van der Waals surface area contributed by atoms with Crippen molar-refractivity contribution in [1.82, 2.24) is 5.32 Å². The van der Waals surface area contributed by atoms with Gasteiger partial charge >= 0.3 is 5.97 Å². The van der Waals surface area contributed by atoms with Crippen LogP contribution in [0.2, 0.25) is 0 Å². The number of carboxylic acids is 1. The van der Waals surface area contributed by atoms with E-state index in [4.69, 9.17) is 10.8 Å². The predicted molar refractivity (Wildman–Crippen MR) is 55.2 cm³/mol. The summed E-state index contributed by atoms with van der Waals surface area (Å²) in [5.74, 6) is -3.33. The zero-order valence-electron chi connectivity index (χ0n) is 9.48. The zero-order chi connectivity index (χ0) is 12.7. The van der Waals surface area contributed by atoms with E-state index >= 15 is 0 Å². The molecule has 4 N–H and O–H groups in total. The van der Waals surface area contributed by atoms with E-state index < -0.39 is 41.1 Å². The Bertz CT molecular complexity index is 351. The molecule has 90 valence electrons. The summed E-state index contributed by atoms with van der Waals surface area (Å²) in [4.78, 5) is 33.3. The lowest BCUT2D eigenvalue weighted by Gasteiger charge is -2.10. The lowest BCUT2D eigenvalue weighted by Crippen LogP contribution is -2.43. The normalized spacial score (nSPS) is 27.9. The molecule has 0 spiro atoms. The molecule has 16 heavy (non-hydrogen) atoms. The van der Waals surface area contributed by atoms with Crippen LogP contribution in [0.15, 0.2) is 0 Å². The van der Waals surface area contributed by atoms with E-state index in [-0.39, 0.29) is 0 Å². The standard InChI is InChI=1S/C10H16N2O4/c1-4(7(11)13)12-8(14)5-6(9(15)16)10(5,2)3/h4-6H,1-3H3,(H2,11,13)(H,12,14)(H,15,16)/t4-,5-,6+/m0/s1. The van der Waals surface area contributed by atoms with Crippen LogP contribution < -0.4 is 11.1 Å². The highest BCUT2D eigenvalue weighted by Gasteiger charge is 2.65. The maximum atomic E-state index is 11.7. The van der Waals surface area contributed by atoms with Crippen LogP contribution in [-0.2, 0) is 14.4 Å². The van der Waals surface area contributed by atoms with Crippen LogP contribution in [0.1, 0.15) is 20.8 Å². The number of nitrogens with two attached hydrogens (primary N) is 1. The molecule has 0 unspecified atom stereocenters. The molecule has 6 heteroatoms. The van der Waals surface area contributed by atoms with Crippen molar-refractivity contribution in [1.29, 1.82) is 0 Å². The lowest BCUT2D eigenvalue weighted by atomic mass is 10.1. The van der Waals surface area contributed by atoms with Crippen LogP contribution >= 0.6 is 0 Å². The molecule has 0 bridgehead atoms. The average Bonchev–Trinajstić information content (AvgIpc) is 2.68. The molecule has 1 aliphatic carbocycles. The van der Waals surface area contributed by atoms with E-state index in [1.807, 2.05) is 0 Å². The summed E-state index contributed by atoms with van der Waals surface area (Å²) < 4.78 is 0. The largest absolute Gasteiger partial charge is 0.481 e. The fourth-order valence-corrected chi connectivity index (χ4v) is 1.96. The van der Waals surface area contributed by atoms with E-state index in [0.717, 1.165) is 0 Å². The predicted octanol–water partition coefficient (Wildman–Crippen LogP) is -0.667. The summed E-state index contributed by atoms with van der Waals surface area (Å²) in [5, 5.41) is 11.3. The van der Waals surface area contributed by atoms with Crippen LogP contribution in [0.25, 0.3) is 0 Å². The summed E-state index contributed by atoms with van der Waals surface area (Å²) in [7, 11) is 0. The van der Waals surface area contributed by atoms with Gasteiger partial charge in [0.2, 0.25) is 11.8 Å². The number of carbonyl (C=O) groups excluding carboxylic acids is 2. The minimum absolute atomic E-state index is 0.427. The molecule has 0 radical (unpaired) electrons. The minimum Gasteiger partial charge on any atom is -0.481 e. The number of primary amides is 1. The summed E-state index contributed by atoms with van der Waals surface area (Å²) in [6.45, 7) is 4.89. The number of amides is 2. The Morgan fingerprint density at radius 3 is 2.12 bits per heavy atom. The first-order valence-electron chi connectivity index (χ1n) is 5.02. The Morgan fingerprint density at radius 2 is 1.81 bits per heavy atom. The Morgan fingerprint density at radius 1 is 1.31 bits per heavy atom. The summed E-state index contributed by atoms with van der Waals surface area (Å²) in [6, 6.07) is -0.779. The second-order valence-corrected chi connectivity index (χ2v) is 4.75. The van der Waals surface area contributed by atoms with Crippen molar-refractivity contribution in [3.8, 4) is 0 Å². The number of carbonyl (C=O) groups is 3. The molecule has 1 rings (SSSR count). The van der Waals surface area contributed by atoms with Crippen molar-refractivity contribution in [2.75, 3.05) is 0 Å². The topological polar surface area (TPSA) is 109 Å². The molecule has 0 heterocycles. The summed E-state index contributed by atoms with van der Waals surface area (Å²) in [6.07, 6.45) is 0. The van der Waals surface area contributed by atoms with Gasteiger partial charge in [-0.1, -0.05) is 13.8 Å². The fourth-order valence-electron chi connectivity index (χ4n) is 1.96. The van der Waals surface area contributed by atoms with Gasteiger partial charge in [-0.2, -0.15) is 0 Å². The molecule has 0 aromatic rings. The highest BCUT2D eigenvalue weighted by atomic mass is 16.4. The Kier molecular flexibility index (Phi) is 2.94. The van der Waals surface area contributed by atoms with E-state index in [9.17, 15) is 14.4 Å². The summed E-state index contributed by atoms with van der Waals surface area (Å²) in [5.41, 5.74) is 4.43. The Balaban J connectivity index is 2.64. The minimum atomic E-state index is -0.989. The second kappa shape index (κ2) is 3.77. The number of hydrogen-bond donors (Lipinski definition) is 3. The maximum Gasteiger partial charge on any atom is 0.307 e. The first kappa shape index (κ1) is 12.5. The van der Waals surface area contributed by atoms with Gasteiger partial charge in [-0.05, 0) is 12.3 Å². The van der Waals surface area contributed by atoms with Crippen molar-refractivity contribution in [2.45, 2.75) is 26.8 Å². The molecule has 0 saturated heterocycles. The van der Waals surface area contributed by atoms with Crippen molar-refractivity contribution < 1.29 is 19.5 Å². The maximum absolute atomic E-state index is 11.7. The Labute approximate surface area is 93.2 Å². The Hall–Kier alpha value is -1.59. The van der Waals surface area contributed by atoms with Crippen molar-refractivity contribution in [3.63, 3.8) is 0 Å². The molecule has 0 aromatic heterocycles. The summed E-state index contributed by atoms with van der Waals surface area (Å²) >= 11 is 0. The van der Waals surface area contributed by atoms with E-state index in [1.54, 1.807) is 13.8 Å². The van der Waals surface area contributed by atoms with E-state index in [0.29, 0.717) is 0 Å². The van der Waals surface area contributed by atoms with Crippen molar-refractivity contribution in [2.24, 2.45) is 23.0 Å². The molecule has 2 amide bonds. The number of carboxylic acid groups (broad SMARTS) is 1. The molecule has 6 nitrogen and oxygen atoms in total. The molecule has 0 aliphatic heterocycles. The molecule has 1 saturated carbocycles. The van der Waals surface area contributed by atoms with E-state index in [2.05, 4.69) is 5.32 Å². The molecular formula is C10H16N2O4. The number of rotatable bonds is 4. The third kappa shape index (κ3) is 2.00. The van der Waals surface area contributed by atoms with Crippen LogP contribution in [0.4, 0.5) is 0 Å². The SMILES string of the molecule is C[C@H](NC(=O)[C@@H]1[C@H](C(=O)O)C1(C)C)C(N)=O. The van der Waals surface area contributed by atoms with Gasteiger partial charge in [0.25, 0.3) is 0 Å². The first-order chi connectivity index (χ1) is 7.19. The number of hydrogen-bond acceptors (Lipinski definition) is 3. The first-order valence-corrected chi connectivity index (χ1v) is 5.02. The fraction of sp³-hybridized carbons (Fsp3) is 0.700. The van der Waals surface area contributed by atoms with Gasteiger partial charge in [0.05, 0.1) is 11.8 Å². The molecule has 0 aromatic carbocycles. The molecule has 1 aliphatic rings. The van der Waals surface area contributed by atoms with Gasteiger partial charge in [0, 0.05) is 0 Å². The van der Waals surface area contributed by atoms with Crippen molar-refractivity contribution in [3.05, 3.63) is 0 Å². The molecular weight excluding hydrogens is 212 g/mol. The van der Waals surface area contributed by atoms with Gasteiger partial charge in [0.15, 0.2) is 0 Å². The second-order valence-electron chi connectivity index (χ2n) is 4.75. The van der Waals surface area contributed by atoms with Gasteiger partial charge in [-0.15, -0.1) is 0 Å². The van der Waals surface area contributed by atoms with Crippen LogP contribution in [0.3, 0.4) is 0 Å². The van der Waals surface area contributed by atoms with Gasteiger partial charge in [0.1, 0.15) is 6.04 Å². The molecule has 1 fully saturated rings. The highest BCUT2D eigenvalue weighted by molar-refractivity contribution is 5.94. The molecule has 3 atom stereocenters. The third-order valence-corrected chi connectivity index (χ3v) is 3.16. The zero-order valence-corrected chi connectivity index (χ0v) is 9.48. The number of nitrogens with one attached hydrogen (secondary N) is 1. The van der Waals surface area contributed by atoms with Crippen LogP contribution in [0, 0.1) is 17.3 Å². The van der Waals surface area contributed by atoms with Crippen LogP contribution in [-0.4, -0.2) is 28.9 Å².